The minimum atomic E-state index is 0. The molecule has 0 radical (unpaired) electrons. The summed E-state index contributed by atoms with van der Waals surface area (Å²) < 4.78 is 0. The van der Waals surface area contributed by atoms with E-state index in [1.165, 1.54) is 5.57 Å². The summed E-state index contributed by atoms with van der Waals surface area (Å²) in [7, 11) is 0. The lowest BCUT2D eigenvalue weighted by atomic mass is 9.85. The normalized spacial score (nSPS) is 12.0. The molecular formula is C12H24. The summed E-state index contributed by atoms with van der Waals surface area (Å²) in [6.45, 7) is 14.5. The van der Waals surface area contributed by atoms with Crippen LogP contribution in [0, 0.1) is 11.8 Å². The molecule has 0 N–H and O–H groups in total. The minimum Gasteiger partial charge on any atom is -0.103 e. The van der Waals surface area contributed by atoms with Crippen molar-refractivity contribution >= 4 is 0 Å². The molecule has 0 rings (SSSR count). The molecule has 0 unspecified atom stereocenters. The van der Waals surface area contributed by atoms with Crippen LogP contribution in [-0.4, -0.2) is 0 Å². The van der Waals surface area contributed by atoms with Crippen LogP contribution >= 0.6 is 0 Å². The highest BCUT2D eigenvalue weighted by Gasteiger charge is 2.13. The van der Waals surface area contributed by atoms with Gasteiger partial charge in [0, 0.05) is 0 Å². The van der Waals surface area contributed by atoms with Gasteiger partial charge in [-0.2, -0.15) is 0 Å². The zero-order valence-corrected chi connectivity index (χ0v) is 8.06. The van der Waals surface area contributed by atoms with E-state index in [4.69, 9.17) is 0 Å². The Morgan fingerprint density at radius 2 is 1.92 bits per heavy atom. The average molecular weight is 168 g/mol. The second kappa shape index (κ2) is 7.15. The number of rotatable bonds is 5. The van der Waals surface area contributed by atoms with Crippen LogP contribution in [0.2, 0.25) is 0 Å². The second-order valence-electron chi connectivity index (χ2n) is 3.39. The van der Waals surface area contributed by atoms with Gasteiger partial charge in [0.2, 0.25) is 0 Å². The summed E-state index contributed by atoms with van der Waals surface area (Å²) in [6, 6.07) is 0. The molecule has 0 aliphatic carbocycles. The number of hydrogen-bond donors (Lipinski definition) is 0. The van der Waals surface area contributed by atoms with Crippen molar-refractivity contribution in [1.82, 2.24) is 0 Å². The molecule has 0 aromatic rings. The molecule has 72 valence electrons. The van der Waals surface area contributed by atoms with Crippen molar-refractivity contribution in [2.24, 2.45) is 11.8 Å². The van der Waals surface area contributed by atoms with E-state index in [9.17, 15) is 0 Å². The molecule has 0 fully saturated rings. The Balaban J connectivity index is 0. The molecule has 0 bridgehead atoms. The Hall–Kier alpha value is -0.520. The van der Waals surface area contributed by atoms with Gasteiger partial charge in [-0.15, -0.1) is 6.58 Å². The molecule has 0 aliphatic rings. The van der Waals surface area contributed by atoms with Crippen LogP contribution in [0.3, 0.4) is 0 Å². The maximum absolute atomic E-state index is 4.07. The standard InChI is InChI=1S/C11H20.CH4/c1-6-8-11(9(3)4)10(5)7-2;/h6,9,11H,1,5,7-8H2,2-4H3;1H4/t11-;/m0./s1. The van der Waals surface area contributed by atoms with Crippen LogP contribution in [0.5, 0.6) is 0 Å². The predicted octanol–water partition coefficient (Wildman–Crippen LogP) is 4.44. The lowest BCUT2D eigenvalue weighted by molar-refractivity contribution is 0.440. The van der Waals surface area contributed by atoms with E-state index in [2.05, 4.69) is 33.9 Å². The fourth-order valence-corrected chi connectivity index (χ4v) is 1.35. The van der Waals surface area contributed by atoms with Gasteiger partial charge in [-0.1, -0.05) is 46.4 Å². The highest BCUT2D eigenvalue weighted by molar-refractivity contribution is 5.02. The fraction of sp³-hybridized carbons (Fsp3) is 0.667. The first kappa shape index (κ1) is 14.0. The summed E-state index contributed by atoms with van der Waals surface area (Å²) in [5.41, 5.74) is 1.36. The van der Waals surface area contributed by atoms with E-state index in [0.29, 0.717) is 11.8 Å². The lowest BCUT2D eigenvalue weighted by Crippen LogP contribution is -2.09. The quantitative estimate of drug-likeness (QED) is 0.532. The molecule has 0 saturated carbocycles. The van der Waals surface area contributed by atoms with Gasteiger partial charge in [-0.25, -0.2) is 0 Å². The molecule has 0 heteroatoms. The van der Waals surface area contributed by atoms with E-state index < -0.39 is 0 Å². The van der Waals surface area contributed by atoms with E-state index >= 15 is 0 Å². The first-order chi connectivity index (χ1) is 5.13. The third kappa shape index (κ3) is 4.38. The third-order valence-corrected chi connectivity index (χ3v) is 2.20. The molecular weight excluding hydrogens is 144 g/mol. The van der Waals surface area contributed by atoms with Gasteiger partial charge < -0.3 is 0 Å². The van der Waals surface area contributed by atoms with Gasteiger partial charge in [-0.3, -0.25) is 0 Å². The largest absolute Gasteiger partial charge is 0.103 e. The molecule has 0 saturated heterocycles. The van der Waals surface area contributed by atoms with Crippen molar-refractivity contribution in [2.75, 3.05) is 0 Å². The Morgan fingerprint density at radius 3 is 2.17 bits per heavy atom. The topological polar surface area (TPSA) is 0 Å². The van der Waals surface area contributed by atoms with Gasteiger partial charge in [-0.05, 0) is 24.7 Å². The maximum atomic E-state index is 4.07. The van der Waals surface area contributed by atoms with Crippen molar-refractivity contribution in [1.29, 1.82) is 0 Å². The van der Waals surface area contributed by atoms with Crippen molar-refractivity contribution in [3.63, 3.8) is 0 Å². The Kier molecular flexibility index (Phi) is 8.36. The summed E-state index contributed by atoms with van der Waals surface area (Å²) in [5.74, 6) is 1.33. The lowest BCUT2D eigenvalue weighted by Gasteiger charge is -2.20. The zero-order valence-electron chi connectivity index (χ0n) is 8.06. The van der Waals surface area contributed by atoms with Crippen LogP contribution < -0.4 is 0 Å². The Morgan fingerprint density at radius 1 is 1.42 bits per heavy atom. The molecule has 0 aliphatic heterocycles. The molecule has 0 aromatic carbocycles. The van der Waals surface area contributed by atoms with Crippen molar-refractivity contribution < 1.29 is 0 Å². The van der Waals surface area contributed by atoms with Crippen LogP contribution in [0.15, 0.2) is 24.8 Å². The first-order valence-electron chi connectivity index (χ1n) is 4.42. The maximum Gasteiger partial charge on any atom is -0.0148 e. The summed E-state index contributed by atoms with van der Waals surface area (Å²) in [5, 5.41) is 0. The number of hydrogen-bond acceptors (Lipinski definition) is 0. The summed E-state index contributed by atoms with van der Waals surface area (Å²) in [6.07, 6.45) is 4.16. The highest BCUT2D eigenvalue weighted by Crippen LogP contribution is 2.24. The highest BCUT2D eigenvalue weighted by atomic mass is 14.2. The van der Waals surface area contributed by atoms with Crippen LogP contribution in [0.1, 0.15) is 41.0 Å². The van der Waals surface area contributed by atoms with Crippen LogP contribution in [0.25, 0.3) is 0 Å². The number of allylic oxidation sites excluding steroid dienone is 2. The zero-order chi connectivity index (χ0) is 8.85. The first-order valence-corrected chi connectivity index (χ1v) is 4.42. The molecule has 0 nitrogen and oxygen atoms in total. The van der Waals surface area contributed by atoms with Crippen molar-refractivity contribution in [2.45, 2.75) is 41.0 Å². The molecule has 0 amide bonds. The predicted molar refractivity (Wildman–Crippen MR) is 59.3 cm³/mol. The van der Waals surface area contributed by atoms with Gasteiger partial charge in [0.25, 0.3) is 0 Å². The Labute approximate surface area is 78.4 Å². The molecule has 12 heavy (non-hydrogen) atoms. The molecule has 0 aromatic heterocycles. The van der Waals surface area contributed by atoms with Crippen molar-refractivity contribution in [3.05, 3.63) is 24.8 Å². The van der Waals surface area contributed by atoms with Gasteiger partial charge in [0.05, 0.1) is 0 Å². The molecule has 0 spiro atoms. The summed E-state index contributed by atoms with van der Waals surface area (Å²) >= 11 is 0. The SMILES string of the molecule is C.C=CC[C@H](C(=C)CC)C(C)C. The van der Waals surface area contributed by atoms with Crippen molar-refractivity contribution in [3.8, 4) is 0 Å². The monoisotopic (exact) mass is 168 g/mol. The molecule has 0 heterocycles. The molecule has 1 atom stereocenters. The third-order valence-electron chi connectivity index (χ3n) is 2.20. The van der Waals surface area contributed by atoms with Crippen LogP contribution in [0.4, 0.5) is 0 Å². The van der Waals surface area contributed by atoms with E-state index in [1.54, 1.807) is 0 Å². The average Bonchev–Trinajstić information content (AvgIpc) is 1.98. The smallest absolute Gasteiger partial charge is 0.0148 e. The van der Waals surface area contributed by atoms with Gasteiger partial charge >= 0.3 is 0 Å². The van der Waals surface area contributed by atoms with Gasteiger partial charge in [0.15, 0.2) is 0 Å². The Bertz CT molecular complexity index is 131. The minimum absolute atomic E-state index is 0. The van der Waals surface area contributed by atoms with E-state index in [1.807, 2.05) is 6.08 Å². The second-order valence-corrected chi connectivity index (χ2v) is 3.39. The summed E-state index contributed by atoms with van der Waals surface area (Å²) in [4.78, 5) is 0. The van der Waals surface area contributed by atoms with E-state index in [-0.39, 0.29) is 7.43 Å². The van der Waals surface area contributed by atoms with Crippen LogP contribution in [-0.2, 0) is 0 Å². The fourth-order valence-electron chi connectivity index (χ4n) is 1.35. The van der Waals surface area contributed by atoms with E-state index in [0.717, 1.165) is 12.8 Å². The van der Waals surface area contributed by atoms with Gasteiger partial charge in [0.1, 0.15) is 0 Å².